The molecule has 0 spiro atoms. The monoisotopic (exact) mass is 328 g/mol. The van der Waals surface area contributed by atoms with Crippen LogP contribution in [0.5, 0.6) is 0 Å². The summed E-state index contributed by atoms with van der Waals surface area (Å²) in [5.74, 6) is -0.227. The van der Waals surface area contributed by atoms with Crippen LogP contribution in [0.15, 0.2) is 34.2 Å². The lowest BCUT2D eigenvalue weighted by Gasteiger charge is -2.18. The summed E-state index contributed by atoms with van der Waals surface area (Å²) in [7, 11) is 0. The lowest BCUT2D eigenvalue weighted by atomic mass is 10.0. The van der Waals surface area contributed by atoms with Crippen LogP contribution in [0.1, 0.15) is 23.5 Å². The Bertz CT molecular complexity index is 502. The van der Waals surface area contributed by atoms with Crippen molar-refractivity contribution in [2.45, 2.75) is 19.4 Å². The van der Waals surface area contributed by atoms with Gasteiger partial charge in [-0.15, -0.1) is 11.3 Å². The maximum Gasteiger partial charge on any atom is 0.137 e. The lowest BCUT2D eigenvalue weighted by Crippen LogP contribution is -2.23. The second kappa shape index (κ2) is 6.41. The van der Waals surface area contributed by atoms with Gasteiger partial charge in [-0.25, -0.2) is 9.37 Å². The number of halogens is 2. The van der Waals surface area contributed by atoms with Crippen LogP contribution in [0.3, 0.4) is 0 Å². The number of nitrogens with one attached hydrogen (secondary N) is 1. The normalized spacial score (nSPS) is 12.6. The number of hydrogen-bond acceptors (Lipinski definition) is 3. The lowest BCUT2D eigenvalue weighted by molar-refractivity contribution is 0.537. The molecule has 0 aliphatic carbocycles. The number of hydrogen-bond donors (Lipinski definition) is 1. The van der Waals surface area contributed by atoms with Crippen molar-refractivity contribution in [3.05, 3.63) is 50.6 Å². The fourth-order valence-corrected chi connectivity index (χ4v) is 3.06. The molecule has 0 aliphatic heterocycles. The van der Waals surface area contributed by atoms with Crippen LogP contribution in [-0.2, 0) is 6.42 Å². The van der Waals surface area contributed by atoms with Gasteiger partial charge in [0.2, 0.25) is 0 Å². The summed E-state index contributed by atoms with van der Waals surface area (Å²) >= 11 is 4.94. The van der Waals surface area contributed by atoms with Crippen molar-refractivity contribution in [3.63, 3.8) is 0 Å². The Morgan fingerprint density at radius 3 is 3.00 bits per heavy atom. The summed E-state index contributed by atoms with van der Waals surface area (Å²) in [5, 5.41) is 6.39. The predicted octanol–water partition coefficient (Wildman–Crippen LogP) is 3.94. The van der Waals surface area contributed by atoms with Gasteiger partial charge >= 0.3 is 0 Å². The van der Waals surface area contributed by atoms with Crippen molar-refractivity contribution in [2.75, 3.05) is 6.54 Å². The topological polar surface area (TPSA) is 24.9 Å². The molecule has 0 fully saturated rings. The molecule has 1 unspecified atom stereocenters. The highest BCUT2D eigenvalue weighted by atomic mass is 79.9. The molecule has 1 N–H and O–H groups in total. The average molecular weight is 329 g/mol. The molecule has 0 radical (unpaired) electrons. The molecule has 2 aromatic rings. The molecule has 1 aromatic heterocycles. The molecule has 2 nitrogen and oxygen atoms in total. The summed E-state index contributed by atoms with van der Waals surface area (Å²) in [6, 6.07) is 5.21. The first-order chi connectivity index (χ1) is 8.72. The van der Waals surface area contributed by atoms with E-state index in [0.29, 0.717) is 4.47 Å². The maximum absolute atomic E-state index is 13.6. The third-order valence-corrected chi connectivity index (χ3v) is 4.31. The highest BCUT2D eigenvalue weighted by Crippen LogP contribution is 2.28. The van der Waals surface area contributed by atoms with Crippen molar-refractivity contribution in [1.29, 1.82) is 0 Å². The molecular formula is C13H14BrFN2S. The molecular weight excluding hydrogens is 315 g/mol. The van der Waals surface area contributed by atoms with Crippen molar-refractivity contribution in [2.24, 2.45) is 0 Å². The molecule has 5 heteroatoms. The van der Waals surface area contributed by atoms with Crippen molar-refractivity contribution in [1.82, 2.24) is 10.3 Å². The maximum atomic E-state index is 13.6. The molecule has 0 saturated heterocycles. The zero-order valence-electron chi connectivity index (χ0n) is 9.99. The highest BCUT2D eigenvalue weighted by Gasteiger charge is 2.17. The minimum atomic E-state index is -0.227. The Balaban J connectivity index is 2.26. The third kappa shape index (κ3) is 3.16. The Morgan fingerprint density at radius 2 is 2.33 bits per heavy atom. The van der Waals surface area contributed by atoms with Crippen molar-refractivity contribution >= 4 is 27.3 Å². The van der Waals surface area contributed by atoms with Crippen molar-refractivity contribution < 1.29 is 4.39 Å². The number of thiazole rings is 1. The third-order valence-electron chi connectivity index (χ3n) is 2.67. The summed E-state index contributed by atoms with van der Waals surface area (Å²) in [4.78, 5) is 4.29. The first kappa shape index (κ1) is 13.6. The van der Waals surface area contributed by atoms with Crippen LogP contribution in [0.4, 0.5) is 4.39 Å². The van der Waals surface area contributed by atoms with E-state index in [9.17, 15) is 4.39 Å². The Morgan fingerprint density at radius 1 is 1.50 bits per heavy atom. The Hall–Kier alpha value is -0.780. The number of aromatic nitrogens is 1. The average Bonchev–Trinajstić information content (AvgIpc) is 2.85. The molecule has 1 atom stereocenters. The predicted molar refractivity (Wildman–Crippen MR) is 76.3 cm³/mol. The van der Waals surface area contributed by atoms with Crippen LogP contribution >= 0.6 is 27.3 Å². The van der Waals surface area contributed by atoms with E-state index in [1.807, 2.05) is 18.4 Å². The van der Waals surface area contributed by atoms with Gasteiger partial charge in [0.1, 0.15) is 5.82 Å². The van der Waals surface area contributed by atoms with Crippen LogP contribution in [0.2, 0.25) is 0 Å². The molecule has 0 amide bonds. The molecule has 1 aromatic carbocycles. The van der Waals surface area contributed by atoms with Gasteiger partial charge in [-0.05, 0) is 34.1 Å². The standard InChI is InChI=1S/C13H14BrFN2S/c1-2-16-11(8-12-17-6-7-18-12)9-4-3-5-10(15)13(9)14/h3-7,11,16H,2,8H2,1H3. The van der Waals surface area contributed by atoms with E-state index in [2.05, 4.69) is 26.2 Å². The SMILES string of the molecule is CCNC(Cc1nccs1)c1cccc(F)c1Br. The second-order valence-electron chi connectivity index (χ2n) is 3.88. The van der Waals surface area contributed by atoms with Gasteiger partial charge in [0, 0.05) is 24.0 Å². The zero-order valence-corrected chi connectivity index (χ0v) is 12.4. The molecule has 0 bridgehead atoms. The summed E-state index contributed by atoms with van der Waals surface area (Å²) < 4.78 is 14.1. The first-order valence-electron chi connectivity index (χ1n) is 5.78. The first-order valence-corrected chi connectivity index (χ1v) is 7.45. The fourth-order valence-electron chi connectivity index (χ4n) is 1.86. The van der Waals surface area contributed by atoms with Gasteiger partial charge in [0.25, 0.3) is 0 Å². The fraction of sp³-hybridized carbons (Fsp3) is 0.308. The van der Waals surface area contributed by atoms with E-state index in [1.54, 1.807) is 23.6 Å². The summed E-state index contributed by atoms with van der Waals surface area (Å²) in [6.45, 7) is 2.88. The number of likely N-dealkylation sites (N-methyl/N-ethyl adjacent to an activating group) is 1. The Kier molecular flexibility index (Phi) is 4.86. The van der Waals surface area contributed by atoms with Crippen LogP contribution < -0.4 is 5.32 Å². The van der Waals surface area contributed by atoms with Gasteiger partial charge in [-0.2, -0.15) is 0 Å². The van der Waals surface area contributed by atoms with Gasteiger partial charge in [0.15, 0.2) is 0 Å². The van der Waals surface area contributed by atoms with Gasteiger partial charge in [-0.3, -0.25) is 0 Å². The van der Waals surface area contributed by atoms with Gasteiger partial charge < -0.3 is 5.32 Å². The van der Waals surface area contributed by atoms with Gasteiger partial charge in [0.05, 0.1) is 9.48 Å². The molecule has 0 saturated carbocycles. The van der Waals surface area contributed by atoms with Crippen LogP contribution in [-0.4, -0.2) is 11.5 Å². The summed E-state index contributed by atoms with van der Waals surface area (Å²) in [6.07, 6.45) is 2.57. The zero-order chi connectivity index (χ0) is 13.0. The van der Waals surface area contributed by atoms with E-state index < -0.39 is 0 Å². The quantitative estimate of drug-likeness (QED) is 0.899. The highest BCUT2D eigenvalue weighted by molar-refractivity contribution is 9.10. The molecule has 96 valence electrons. The second-order valence-corrected chi connectivity index (χ2v) is 5.66. The van der Waals surface area contributed by atoms with Crippen LogP contribution in [0.25, 0.3) is 0 Å². The van der Waals surface area contributed by atoms with Crippen molar-refractivity contribution in [3.8, 4) is 0 Å². The Labute approximate surface area is 118 Å². The molecule has 2 rings (SSSR count). The smallest absolute Gasteiger partial charge is 0.137 e. The van der Waals surface area contributed by atoms with Crippen LogP contribution in [0, 0.1) is 5.82 Å². The minimum absolute atomic E-state index is 0.0752. The molecule has 0 aliphatic rings. The van der Waals surface area contributed by atoms with E-state index in [1.165, 1.54) is 6.07 Å². The van der Waals surface area contributed by atoms with E-state index in [4.69, 9.17) is 0 Å². The van der Waals surface area contributed by atoms with Gasteiger partial charge in [-0.1, -0.05) is 19.1 Å². The number of benzene rings is 1. The molecule has 18 heavy (non-hydrogen) atoms. The number of rotatable bonds is 5. The van der Waals surface area contributed by atoms with E-state index >= 15 is 0 Å². The minimum Gasteiger partial charge on any atom is -0.310 e. The van der Waals surface area contributed by atoms with E-state index in [-0.39, 0.29) is 11.9 Å². The molecule has 1 heterocycles. The van der Waals surface area contributed by atoms with E-state index in [0.717, 1.165) is 23.5 Å². The largest absolute Gasteiger partial charge is 0.310 e. The number of nitrogens with zero attached hydrogens (tertiary/aromatic N) is 1. The summed E-state index contributed by atoms with van der Waals surface area (Å²) in [5.41, 5.74) is 0.937.